The Morgan fingerprint density at radius 2 is 1.65 bits per heavy atom. The van der Waals surface area contributed by atoms with Gasteiger partial charge in [-0.3, -0.25) is 14.5 Å². The molecule has 34 heavy (non-hydrogen) atoms. The van der Waals surface area contributed by atoms with Gasteiger partial charge in [0, 0.05) is 11.3 Å². The number of methoxy groups -OCH3 is 2. The van der Waals surface area contributed by atoms with Crippen LogP contribution in [0.25, 0.3) is 5.76 Å². The van der Waals surface area contributed by atoms with Crippen molar-refractivity contribution in [3.63, 3.8) is 0 Å². The number of halogens is 1. The molecule has 0 saturated carbocycles. The van der Waals surface area contributed by atoms with Gasteiger partial charge in [-0.05, 0) is 61.4 Å². The largest absolute Gasteiger partial charge is 0.507 e. The molecule has 0 aromatic heterocycles. The average molecular weight is 461 g/mol. The summed E-state index contributed by atoms with van der Waals surface area (Å²) >= 11 is 0. The van der Waals surface area contributed by atoms with E-state index < -0.39 is 29.3 Å². The molecule has 1 fully saturated rings. The number of hydrogen-bond donors (Lipinski definition) is 1. The monoisotopic (exact) mass is 461 g/mol. The molecule has 3 aromatic rings. The third kappa shape index (κ3) is 3.79. The van der Waals surface area contributed by atoms with Gasteiger partial charge >= 0.3 is 0 Å². The maximum atomic E-state index is 15.0. The lowest BCUT2D eigenvalue weighted by Gasteiger charge is -2.26. The molecule has 1 unspecified atom stereocenters. The summed E-state index contributed by atoms with van der Waals surface area (Å²) in [6.45, 7) is 3.65. The van der Waals surface area contributed by atoms with Crippen LogP contribution in [0, 0.1) is 19.7 Å². The Morgan fingerprint density at radius 3 is 2.26 bits per heavy atom. The van der Waals surface area contributed by atoms with Gasteiger partial charge in [0.25, 0.3) is 11.7 Å². The molecule has 1 N–H and O–H groups in total. The van der Waals surface area contributed by atoms with Gasteiger partial charge in [-0.15, -0.1) is 0 Å². The fourth-order valence-corrected chi connectivity index (χ4v) is 4.38. The molecule has 1 atom stereocenters. The summed E-state index contributed by atoms with van der Waals surface area (Å²) in [5.41, 5.74) is 2.07. The normalized spacial score (nSPS) is 17.2. The Morgan fingerprint density at radius 1 is 0.971 bits per heavy atom. The number of amides is 1. The molecule has 0 radical (unpaired) electrons. The summed E-state index contributed by atoms with van der Waals surface area (Å²) in [5, 5.41) is 11.4. The molecular formula is C27H24FNO5. The first-order valence-corrected chi connectivity index (χ1v) is 10.6. The van der Waals surface area contributed by atoms with Gasteiger partial charge in [-0.25, -0.2) is 4.39 Å². The highest BCUT2D eigenvalue weighted by atomic mass is 19.1. The molecule has 3 aromatic carbocycles. The lowest BCUT2D eigenvalue weighted by atomic mass is 9.93. The summed E-state index contributed by atoms with van der Waals surface area (Å²) in [5.74, 6) is -1.89. The number of ether oxygens (including phenoxy) is 2. The second-order valence-electron chi connectivity index (χ2n) is 8.05. The maximum Gasteiger partial charge on any atom is 0.300 e. The van der Waals surface area contributed by atoms with Crippen LogP contribution in [0.3, 0.4) is 0 Å². The van der Waals surface area contributed by atoms with Crippen LogP contribution in [0.2, 0.25) is 0 Å². The van der Waals surface area contributed by atoms with Crippen molar-refractivity contribution in [2.75, 3.05) is 19.1 Å². The number of carbonyl (C=O) groups excluding carboxylic acids is 2. The van der Waals surface area contributed by atoms with Crippen molar-refractivity contribution in [2.45, 2.75) is 19.9 Å². The minimum absolute atomic E-state index is 0.0856. The van der Waals surface area contributed by atoms with Crippen LogP contribution in [0.5, 0.6) is 11.5 Å². The van der Waals surface area contributed by atoms with Gasteiger partial charge in [0.05, 0.1) is 31.4 Å². The quantitative estimate of drug-likeness (QED) is 0.326. The zero-order valence-corrected chi connectivity index (χ0v) is 19.3. The second-order valence-corrected chi connectivity index (χ2v) is 8.05. The lowest BCUT2D eigenvalue weighted by molar-refractivity contribution is -0.132. The molecule has 7 heteroatoms. The molecule has 0 spiro atoms. The average Bonchev–Trinajstić information content (AvgIpc) is 3.08. The lowest BCUT2D eigenvalue weighted by Crippen LogP contribution is -2.29. The highest BCUT2D eigenvalue weighted by molar-refractivity contribution is 6.51. The van der Waals surface area contributed by atoms with Gasteiger partial charge < -0.3 is 14.6 Å². The Bertz CT molecular complexity index is 1310. The Labute approximate surface area is 196 Å². The first-order valence-electron chi connectivity index (χ1n) is 10.6. The van der Waals surface area contributed by atoms with Gasteiger partial charge in [0.2, 0.25) is 0 Å². The molecule has 1 aliphatic heterocycles. The third-order valence-corrected chi connectivity index (χ3v) is 5.87. The number of anilines is 1. The van der Waals surface area contributed by atoms with E-state index in [2.05, 4.69) is 0 Å². The summed E-state index contributed by atoms with van der Waals surface area (Å²) < 4.78 is 25.7. The van der Waals surface area contributed by atoms with Crippen molar-refractivity contribution in [1.29, 1.82) is 0 Å². The van der Waals surface area contributed by atoms with Crippen molar-refractivity contribution in [3.05, 3.63) is 94.3 Å². The molecular weight excluding hydrogens is 437 g/mol. The molecule has 6 nitrogen and oxygen atoms in total. The number of aliphatic hydroxyl groups excluding tert-OH is 1. The SMILES string of the molecule is COc1ccc(N2C(=O)C(=O)/C(=C(/O)c3cc(C)cc(C)c3OC)C2c2ccccc2F)cc1. The first kappa shape index (κ1) is 23.0. The first-order chi connectivity index (χ1) is 16.3. The molecule has 4 rings (SSSR count). The van der Waals surface area contributed by atoms with Crippen LogP contribution in [0.1, 0.15) is 28.3 Å². The van der Waals surface area contributed by atoms with E-state index in [0.29, 0.717) is 17.2 Å². The molecule has 1 saturated heterocycles. The Hall–Kier alpha value is -4.13. The predicted octanol–water partition coefficient (Wildman–Crippen LogP) is 5.09. The number of aliphatic hydroxyl groups is 1. The summed E-state index contributed by atoms with van der Waals surface area (Å²) in [6.07, 6.45) is 0. The molecule has 1 amide bonds. The number of aryl methyl sites for hydroxylation is 2. The topological polar surface area (TPSA) is 76.1 Å². The van der Waals surface area contributed by atoms with Crippen LogP contribution in [-0.2, 0) is 9.59 Å². The van der Waals surface area contributed by atoms with Crippen molar-refractivity contribution >= 4 is 23.1 Å². The number of rotatable bonds is 5. The molecule has 1 heterocycles. The van der Waals surface area contributed by atoms with E-state index in [9.17, 15) is 14.7 Å². The summed E-state index contributed by atoms with van der Waals surface area (Å²) in [4.78, 5) is 27.7. The zero-order chi connectivity index (χ0) is 24.6. The summed E-state index contributed by atoms with van der Waals surface area (Å²) in [7, 11) is 2.97. The zero-order valence-electron chi connectivity index (χ0n) is 19.3. The second kappa shape index (κ2) is 9.02. The highest BCUT2D eigenvalue weighted by Gasteiger charge is 2.48. The van der Waals surface area contributed by atoms with Crippen molar-refractivity contribution in [2.24, 2.45) is 0 Å². The van der Waals surface area contributed by atoms with Gasteiger partial charge in [-0.1, -0.05) is 24.3 Å². The van der Waals surface area contributed by atoms with Crippen molar-refractivity contribution in [3.8, 4) is 11.5 Å². The number of ketones is 1. The summed E-state index contributed by atoms with van der Waals surface area (Å²) in [6, 6.07) is 14.7. The van der Waals surface area contributed by atoms with Crippen LogP contribution >= 0.6 is 0 Å². The highest BCUT2D eigenvalue weighted by Crippen LogP contribution is 2.44. The van der Waals surface area contributed by atoms with Crippen LogP contribution < -0.4 is 14.4 Å². The van der Waals surface area contributed by atoms with E-state index in [4.69, 9.17) is 9.47 Å². The minimum Gasteiger partial charge on any atom is -0.507 e. The van der Waals surface area contributed by atoms with Crippen LogP contribution in [0.4, 0.5) is 10.1 Å². The van der Waals surface area contributed by atoms with Crippen LogP contribution in [-0.4, -0.2) is 31.0 Å². The molecule has 0 bridgehead atoms. The van der Waals surface area contributed by atoms with Gasteiger partial charge in [0.1, 0.15) is 23.1 Å². The van der Waals surface area contributed by atoms with Crippen molar-refractivity contribution < 1.29 is 28.6 Å². The number of nitrogens with zero attached hydrogens (tertiary/aromatic N) is 1. The van der Waals surface area contributed by atoms with Crippen LogP contribution in [0.15, 0.2) is 66.2 Å². The van der Waals surface area contributed by atoms with E-state index in [0.717, 1.165) is 11.1 Å². The molecule has 0 aliphatic carbocycles. The number of hydrogen-bond acceptors (Lipinski definition) is 5. The number of benzene rings is 3. The fraction of sp³-hybridized carbons (Fsp3) is 0.185. The third-order valence-electron chi connectivity index (χ3n) is 5.87. The predicted molar refractivity (Wildman–Crippen MR) is 127 cm³/mol. The van der Waals surface area contributed by atoms with E-state index in [1.54, 1.807) is 36.4 Å². The molecule has 1 aliphatic rings. The van der Waals surface area contributed by atoms with Gasteiger partial charge in [-0.2, -0.15) is 0 Å². The Balaban J connectivity index is 2.01. The standard InChI is InChI=1S/C27H24FNO5/c1-15-13-16(2)26(34-4)20(14-15)24(30)22-23(19-7-5-6-8-21(19)28)29(27(32)25(22)31)17-9-11-18(33-3)12-10-17/h5-14,23,30H,1-4H3/b24-22+. The smallest absolute Gasteiger partial charge is 0.300 e. The minimum atomic E-state index is -1.18. The van der Waals surface area contributed by atoms with E-state index in [1.807, 2.05) is 19.9 Å². The number of Topliss-reactive ketones (excluding diaryl/α,β-unsaturated/α-hetero) is 1. The van der Waals surface area contributed by atoms with E-state index >= 15 is 4.39 Å². The maximum absolute atomic E-state index is 15.0. The number of carbonyl (C=O) groups is 2. The molecule has 174 valence electrons. The van der Waals surface area contributed by atoms with Crippen molar-refractivity contribution in [1.82, 2.24) is 0 Å². The van der Waals surface area contributed by atoms with Gasteiger partial charge in [0.15, 0.2) is 0 Å². The van der Waals surface area contributed by atoms with E-state index in [-0.39, 0.29) is 16.7 Å². The Kier molecular flexibility index (Phi) is 6.11. The van der Waals surface area contributed by atoms with E-state index in [1.165, 1.54) is 37.3 Å². The fourth-order valence-electron chi connectivity index (χ4n) is 4.38.